The van der Waals surface area contributed by atoms with Gasteiger partial charge >= 0.3 is 0 Å². The third kappa shape index (κ3) is 5.84. The van der Waals surface area contributed by atoms with Gasteiger partial charge in [-0.3, -0.25) is 9.69 Å². The molecule has 1 aliphatic heterocycles. The van der Waals surface area contributed by atoms with Gasteiger partial charge < -0.3 is 14.3 Å². The summed E-state index contributed by atoms with van der Waals surface area (Å²) in [6.45, 7) is 4.38. The molecule has 34 heavy (non-hydrogen) atoms. The van der Waals surface area contributed by atoms with E-state index in [1.165, 1.54) is 17.3 Å². The van der Waals surface area contributed by atoms with Gasteiger partial charge in [-0.1, -0.05) is 54.2 Å². The number of carbonyl (C=O) groups excluding carboxylic acids is 1. The number of hydrogen-bond donors (Lipinski definition) is 1. The van der Waals surface area contributed by atoms with Gasteiger partial charge in [0, 0.05) is 45.6 Å². The predicted molar refractivity (Wildman–Crippen MR) is 132 cm³/mol. The van der Waals surface area contributed by atoms with Crippen LogP contribution in [0.4, 0.5) is 0 Å². The fourth-order valence-corrected chi connectivity index (χ4v) is 4.80. The zero-order chi connectivity index (χ0) is 23.2. The van der Waals surface area contributed by atoms with Crippen LogP contribution in [0.1, 0.15) is 17.3 Å². The standard InChI is InChI=1S/C25H28N6O2S/c32-24(31-16-14-30(15-17-31)13-12-19-6-2-1-3-7-19)18-34-25-29-28-23(33-25)11-10-22-26-20-8-4-5-9-21(20)27-22/h1-9H,10-18H2,(H,26,27). The lowest BCUT2D eigenvalue weighted by atomic mass is 10.1. The number of para-hydroxylation sites is 2. The molecule has 1 fully saturated rings. The van der Waals surface area contributed by atoms with E-state index in [0.717, 1.165) is 56.0 Å². The van der Waals surface area contributed by atoms with Gasteiger partial charge in [-0.25, -0.2) is 4.98 Å². The minimum atomic E-state index is 0.120. The van der Waals surface area contributed by atoms with Gasteiger partial charge in [0.1, 0.15) is 5.82 Å². The number of fused-ring (bicyclic) bond motifs is 1. The maximum absolute atomic E-state index is 12.6. The molecule has 8 nitrogen and oxygen atoms in total. The molecule has 2 aromatic heterocycles. The van der Waals surface area contributed by atoms with Crippen molar-refractivity contribution in [3.05, 3.63) is 71.9 Å². The van der Waals surface area contributed by atoms with Crippen molar-refractivity contribution in [3.63, 3.8) is 0 Å². The van der Waals surface area contributed by atoms with E-state index >= 15 is 0 Å². The number of aryl methyl sites for hydroxylation is 2. The normalized spacial score (nSPS) is 14.6. The second-order valence-corrected chi connectivity index (χ2v) is 9.34. The lowest BCUT2D eigenvalue weighted by Crippen LogP contribution is -2.49. The molecule has 9 heteroatoms. The van der Waals surface area contributed by atoms with Crippen molar-refractivity contribution in [1.82, 2.24) is 30.0 Å². The summed E-state index contributed by atoms with van der Waals surface area (Å²) in [6.07, 6.45) is 2.33. The fourth-order valence-electron chi connectivity index (χ4n) is 4.11. The first kappa shape index (κ1) is 22.6. The molecule has 0 radical (unpaired) electrons. The van der Waals surface area contributed by atoms with Gasteiger partial charge in [0.15, 0.2) is 0 Å². The molecule has 0 unspecified atom stereocenters. The molecule has 0 atom stereocenters. The highest BCUT2D eigenvalue weighted by Gasteiger charge is 2.21. The minimum absolute atomic E-state index is 0.120. The first-order chi connectivity index (χ1) is 16.7. The predicted octanol–water partition coefficient (Wildman–Crippen LogP) is 3.21. The summed E-state index contributed by atoms with van der Waals surface area (Å²) >= 11 is 1.31. The molecule has 1 amide bonds. The Kier molecular flexibility index (Phi) is 7.21. The van der Waals surface area contributed by atoms with Crippen LogP contribution < -0.4 is 0 Å². The van der Waals surface area contributed by atoms with Gasteiger partial charge in [-0.05, 0) is 24.1 Å². The van der Waals surface area contributed by atoms with E-state index in [4.69, 9.17) is 4.42 Å². The second kappa shape index (κ2) is 10.8. The first-order valence-electron chi connectivity index (χ1n) is 11.7. The topological polar surface area (TPSA) is 91.1 Å². The molecule has 0 spiro atoms. The van der Waals surface area contributed by atoms with E-state index in [1.54, 1.807) is 0 Å². The quantitative estimate of drug-likeness (QED) is 0.371. The van der Waals surface area contributed by atoms with Crippen molar-refractivity contribution < 1.29 is 9.21 Å². The zero-order valence-electron chi connectivity index (χ0n) is 19.0. The van der Waals surface area contributed by atoms with Gasteiger partial charge in [0.05, 0.1) is 16.8 Å². The Morgan fingerprint density at radius 3 is 2.56 bits per heavy atom. The molecule has 5 rings (SSSR count). The van der Waals surface area contributed by atoms with E-state index < -0.39 is 0 Å². The Morgan fingerprint density at radius 1 is 0.941 bits per heavy atom. The number of rotatable bonds is 9. The van der Waals surface area contributed by atoms with Gasteiger partial charge in [0.2, 0.25) is 11.8 Å². The smallest absolute Gasteiger partial charge is 0.277 e. The van der Waals surface area contributed by atoms with E-state index in [2.05, 4.69) is 49.3 Å². The Bertz CT molecular complexity index is 1180. The van der Waals surface area contributed by atoms with Crippen LogP contribution in [0.5, 0.6) is 0 Å². The molecule has 1 saturated heterocycles. The third-order valence-electron chi connectivity index (χ3n) is 6.07. The molecule has 1 N–H and O–H groups in total. The summed E-state index contributed by atoms with van der Waals surface area (Å²) in [5.41, 5.74) is 3.33. The maximum atomic E-state index is 12.6. The Morgan fingerprint density at radius 2 is 1.74 bits per heavy atom. The van der Waals surface area contributed by atoms with Crippen LogP contribution in [0.2, 0.25) is 0 Å². The van der Waals surface area contributed by atoms with Crippen molar-refractivity contribution in [2.24, 2.45) is 0 Å². The van der Waals surface area contributed by atoms with Gasteiger partial charge in [-0.15, -0.1) is 10.2 Å². The summed E-state index contributed by atoms with van der Waals surface area (Å²) in [6, 6.07) is 18.5. The number of imidazole rings is 1. The number of piperazine rings is 1. The highest BCUT2D eigenvalue weighted by Crippen LogP contribution is 2.19. The van der Waals surface area contributed by atoms with Gasteiger partial charge in [-0.2, -0.15) is 0 Å². The Balaban J connectivity index is 1.02. The van der Waals surface area contributed by atoms with Crippen molar-refractivity contribution in [1.29, 1.82) is 0 Å². The summed E-state index contributed by atoms with van der Waals surface area (Å²) in [5, 5.41) is 8.65. The molecule has 4 aromatic rings. The molecular weight excluding hydrogens is 448 g/mol. The largest absolute Gasteiger partial charge is 0.416 e. The molecule has 3 heterocycles. The van der Waals surface area contributed by atoms with E-state index in [9.17, 15) is 4.79 Å². The van der Waals surface area contributed by atoms with Crippen LogP contribution >= 0.6 is 11.8 Å². The summed E-state index contributed by atoms with van der Waals surface area (Å²) < 4.78 is 5.73. The van der Waals surface area contributed by atoms with Crippen molar-refractivity contribution in [2.45, 2.75) is 24.5 Å². The number of amides is 1. The average Bonchev–Trinajstić information content (AvgIpc) is 3.52. The number of H-pyrrole nitrogens is 1. The molecule has 0 saturated carbocycles. The van der Waals surface area contributed by atoms with E-state index in [1.807, 2.05) is 35.2 Å². The molecular formula is C25H28N6O2S. The molecule has 0 bridgehead atoms. The summed E-state index contributed by atoms with van der Waals surface area (Å²) in [4.78, 5) is 24.9. The van der Waals surface area contributed by atoms with Crippen LogP contribution in [0.3, 0.4) is 0 Å². The molecule has 2 aromatic carbocycles. The van der Waals surface area contributed by atoms with E-state index in [0.29, 0.717) is 29.7 Å². The number of thioether (sulfide) groups is 1. The molecule has 176 valence electrons. The zero-order valence-corrected chi connectivity index (χ0v) is 19.8. The van der Waals surface area contributed by atoms with E-state index in [-0.39, 0.29) is 5.91 Å². The first-order valence-corrected chi connectivity index (χ1v) is 12.6. The summed E-state index contributed by atoms with van der Waals surface area (Å²) in [7, 11) is 0. The highest BCUT2D eigenvalue weighted by atomic mass is 32.2. The van der Waals surface area contributed by atoms with Crippen LogP contribution in [0, 0.1) is 0 Å². The van der Waals surface area contributed by atoms with Crippen LogP contribution in [-0.4, -0.2) is 74.3 Å². The minimum Gasteiger partial charge on any atom is -0.416 e. The van der Waals surface area contributed by atoms with Gasteiger partial charge in [0.25, 0.3) is 5.22 Å². The number of carbonyl (C=O) groups is 1. The van der Waals surface area contributed by atoms with Crippen LogP contribution in [0.25, 0.3) is 11.0 Å². The number of nitrogens with zero attached hydrogens (tertiary/aromatic N) is 5. The lowest BCUT2D eigenvalue weighted by molar-refractivity contribution is -0.130. The second-order valence-electron chi connectivity index (χ2n) is 8.41. The number of hydrogen-bond acceptors (Lipinski definition) is 7. The van der Waals surface area contributed by atoms with Crippen LogP contribution in [0.15, 0.2) is 64.2 Å². The molecule has 1 aliphatic rings. The van der Waals surface area contributed by atoms with Crippen molar-refractivity contribution in [3.8, 4) is 0 Å². The number of aromatic nitrogens is 4. The molecule has 0 aliphatic carbocycles. The Hall–Kier alpha value is -3.17. The lowest BCUT2D eigenvalue weighted by Gasteiger charge is -2.34. The third-order valence-corrected chi connectivity index (χ3v) is 6.87. The fraction of sp³-hybridized carbons (Fsp3) is 0.360. The van der Waals surface area contributed by atoms with Crippen molar-refractivity contribution in [2.75, 3.05) is 38.5 Å². The average molecular weight is 477 g/mol. The van der Waals surface area contributed by atoms with Crippen LogP contribution in [-0.2, 0) is 24.1 Å². The Labute approximate surface area is 202 Å². The number of aromatic amines is 1. The highest BCUT2D eigenvalue weighted by molar-refractivity contribution is 7.99. The SMILES string of the molecule is O=C(CSc1nnc(CCc2nc3ccccc3[nH]2)o1)N1CCN(CCc2ccccc2)CC1. The van der Waals surface area contributed by atoms with Crippen molar-refractivity contribution >= 4 is 28.7 Å². The number of nitrogens with one attached hydrogen (secondary N) is 1. The maximum Gasteiger partial charge on any atom is 0.277 e. The number of benzene rings is 2. The monoisotopic (exact) mass is 476 g/mol. The summed E-state index contributed by atoms with van der Waals surface area (Å²) in [5.74, 6) is 1.89.